The zero-order valence-corrected chi connectivity index (χ0v) is 17.6. The van der Waals surface area contributed by atoms with Crippen LogP contribution in [0.4, 0.5) is 0 Å². The number of carbonyl (C=O) groups is 1. The van der Waals surface area contributed by atoms with Crippen LogP contribution in [0.1, 0.15) is 35.7 Å². The van der Waals surface area contributed by atoms with E-state index in [4.69, 9.17) is 0 Å². The Labute approximate surface area is 173 Å². The number of hydrogen-bond acceptors (Lipinski definition) is 3. The number of rotatable bonds is 7. The molecular weight excluding hydrogens is 384 g/mol. The van der Waals surface area contributed by atoms with Crippen LogP contribution >= 0.6 is 0 Å². The van der Waals surface area contributed by atoms with E-state index in [0.717, 1.165) is 31.5 Å². The lowest BCUT2D eigenvalue weighted by Gasteiger charge is -2.31. The van der Waals surface area contributed by atoms with E-state index in [2.05, 4.69) is 13.5 Å². The molecule has 0 radical (unpaired) electrons. The van der Waals surface area contributed by atoms with Gasteiger partial charge in [-0.25, -0.2) is 8.42 Å². The fourth-order valence-electron chi connectivity index (χ4n) is 3.65. The predicted molar refractivity (Wildman–Crippen MR) is 115 cm³/mol. The summed E-state index contributed by atoms with van der Waals surface area (Å²) in [6.45, 7) is 7.88. The molecule has 0 bridgehead atoms. The largest absolute Gasteiger partial charge is 0.338 e. The fourth-order valence-corrected chi connectivity index (χ4v) is 5.07. The Morgan fingerprint density at radius 3 is 2.48 bits per heavy atom. The molecule has 0 aliphatic carbocycles. The van der Waals surface area contributed by atoms with Crippen molar-refractivity contribution in [2.24, 2.45) is 5.92 Å². The minimum absolute atomic E-state index is 0.0444. The molecule has 0 aromatic heterocycles. The first-order chi connectivity index (χ1) is 13.9. The highest BCUT2D eigenvalue weighted by Gasteiger charge is 2.24. The Balaban J connectivity index is 1.74. The second kappa shape index (κ2) is 9.37. The summed E-state index contributed by atoms with van der Waals surface area (Å²) in [6, 6.07) is 15.6. The van der Waals surface area contributed by atoms with Crippen molar-refractivity contribution in [1.29, 1.82) is 0 Å². The summed E-state index contributed by atoms with van der Waals surface area (Å²) in [6.07, 6.45) is 3.78. The summed E-state index contributed by atoms with van der Waals surface area (Å²) < 4.78 is 27.3. The average Bonchev–Trinajstić information content (AvgIpc) is 2.74. The Morgan fingerprint density at radius 2 is 1.86 bits per heavy atom. The van der Waals surface area contributed by atoms with E-state index in [9.17, 15) is 13.2 Å². The molecule has 1 aliphatic heterocycles. The molecule has 29 heavy (non-hydrogen) atoms. The first kappa shape index (κ1) is 21.3. The molecule has 6 heteroatoms. The van der Waals surface area contributed by atoms with E-state index < -0.39 is 10.0 Å². The molecule has 1 aliphatic rings. The Morgan fingerprint density at radius 1 is 1.17 bits per heavy atom. The summed E-state index contributed by atoms with van der Waals surface area (Å²) in [7, 11) is -3.62. The van der Waals surface area contributed by atoms with Gasteiger partial charge in [0.1, 0.15) is 0 Å². The van der Waals surface area contributed by atoms with Gasteiger partial charge in [-0.2, -0.15) is 4.31 Å². The summed E-state index contributed by atoms with van der Waals surface area (Å²) in [5, 5.41) is 0. The maximum atomic E-state index is 13.0. The number of carbonyl (C=O) groups excluding carboxylic acids is 1. The third-order valence-electron chi connectivity index (χ3n) is 5.22. The molecule has 1 atom stereocenters. The highest BCUT2D eigenvalue weighted by atomic mass is 32.2. The van der Waals surface area contributed by atoms with Crippen molar-refractivity contribution in [3.8, 4) is 0 Å². The minimum Gasteiger partial charge on any atom is -0.338 e. The van der Waals surface area contributed by atoms with Gasteiger partial charge in [0.15, 0.2) is 0 Å². The standard InChI is InChI=1S/C23H28N2O3S/c1-3-15-25(29(27,28)22-9-5-4-6-10-22)18-20-11-13-21(14-12-20)23(26)24-16-7-8-19(2)17-24/h3-6,9-14,19H,1,7-8,15-18H2,2H3/t19-/m1/s1. The molecular formula is C23H28N2O3S. The molecule has 3 rings (SSSR count). The number of hydrogen-bond donors (Lipinski definition) is 0. The van der Waals surface area contributed by atoms with Gasteiger partial charge in [-0.15, -0.1) is 6.58 Å². The minimum atomic E-state index is -3.62. The lowest BCUT2D eigenvalue weighted by atomic mass is 9.99. The van der Waals surface area contributed by atoms with Gasteiger partial charge in [-0.3, -0.25) is 4.79 Å². The topological polar surface area (TPSA) is 57.7 Å². The Bertz CT molecular complexity index is 940. The number of nitrogens with zero attached hydrogens (tertiary/aromatic N) is 2. The normalized spacial score (nSPS) is 17.3. The molecule has 0 unspecified atom stereocenters. The average molecular weight is 413 g/mol. The zero-order chi connectivity index (χ0) is 20.9. The zero-order valence-electron chi connectivity index (χ0n) is 16.8. The summed E-state index contributed by atoms with van der Waals surface area (Å²) >= 11 is 0. The number of benzene rings is 2. The second-order valence-electron chi connectivity index (χ2n) is 7.59. The van der Waals surface area contributed by atoms with Crippen LogP contribution in [0.3, 0.4) is 0 Å². The number of likely N-dealkylation sites (tertiary alicyclic amines) is 1. The van der Waals surface area contributed by atoms with Crippen molar-refractivity contribution in [1.82, 2.24) is 9.21 Å². The van der Waals surface area contributed by atoms with Crippen molar-refractivity contribution in [2.75, 3.05) is 19.6 Å². The molecule has 2 aromatic carbocycles. The Hall–Kier alpha value is -2.44. The molecule has 1 saturated heterocycles. The summed E-state index contributed by atoms with van der Waals surface area (Å²) in [5.74, 6) is 0.575. The molecule has 5 nitrogen and oxygen atoms in total. The maximum Gasteiger partial charge on any atom is 0.253 e. The van der Waals surface area contributed by atoms with Crippen LogP contribution in [-0.4, -0.2) is 43.2 Å². The van der Waals surface area contributed by atoms with Gasteiger partial charge < -0.3 is 4.90 Å². The van der Waals surface area contributed by atoms with E-state index in [1.54, 1.807) is 48.5 Å². The Kier molecular flexibility index (Phi) is 6.87. The number of sulfonamides is 1. The molecule has 0 saturated carbocycles. The van der Waals surface area contributed by atoms with Gasteiger partial charge in [0.2, 0.25) is 10.0 Å². The predicted octanol–water partition coefficient (Wildman–Crippen LogP) is 3.94. The first-order valence-corrected chi connectivity index (χ1v) is 11.4. The maximum absolute atomic E-state index is 13.0. The first-order valence-electron chi connectivity index (χ1n) is 9.96. The van der Waals surface area contributed by atoms with E-state index >= 15 is 0 Å². The van der Waals surface area contributed by atoms with Gasteiger partial charge >= 0.3 is 0 Å². The molecule has 0 spiro atoms. The van der Waals surface area contributed by atoms with Gasteiger partial charge in [0.05, 0.1) is 4.90 Å². The summed E-state index contributed by atoms with van der Waals surface area (Å²) in [5.41, 5.74) is 1.47. The van der Waals surface area contributed by atoms with Crippen molar-refractivity contribution in [3.63, 3.8) is 0 Å². The van der Waals surface area contributed by atoms with E-state index in [-0.39, 0.29) is 23.9 Å². The van der Waals surface area contributed by atoms with E-state index in [1.807, 2.05) is 17.0 Å². The van der Waals surface area contributed by atoms with E-state index in [1.165, 1.54) is 4.31 Å². The van der Waals surface area contributed by atoms with Crippen LogP contribution in [0.5, 0.6) is 0 Å². The lowest BCUT2D eigenvalue weighted by molar-refractivity contribution is 0.0683. The monoisotopic (exact) mass is 412 g/mol. The van der Waals surface area contributed by atoms with Gasteiger partial charge in [0.25, 0.3) is 5.91 Å². The van der Waals surface area contributed by atoms with Crippen LogP contribution < -0.4 is 0 Å². The van der Waals surface area contributed by atoms with Crippen molar-refractivity contribution < 1.29 is 13.2 Å². The molecule has 2 aromatic rings. The molecule has 0 N–H and O–H groups in total. The molecule has 1 amide bonds. The van der Waals surface area contributed by atoms with Crippen LogP contribution in [-0.2, 0) is 16.6 Å². The highest BCUT2D eigenvalue weighted by molar-refractivity contribution is 7.89. The van der Waals surface area contributed by atoms with E-state index in [0.29, 0.717) is 11.5 Å². The van der Waals surface area contributed by atoms with Crippen LogP contribution in [0.15, 0.2) is 72.1 Å². The van der Waals surface area contributed by atoms with Crippen LogP contribution in [0.2, 0.25) is 0 Å². The quantitative estimate of drug-likeness (QED) is 0.648. The number of piperidine rings is 1. The second-order valence-corrected chi connectivity index (χ2v) is 9.53. The fraction of sp³-hybridized carbons (Fsp3) is 0.348. The molecule has 154 valence electrons. The van der Waals surface area contributed by atoms with Crippen LogP contribution in [0, 0.1) is 5.92 Å². The molecule has 1 fully saturated rings. The lowest BCUT2D eigenvalue weighted by Crippen LogP contribution is -2.39. The van der Waals surface area contributed by atoms with Crippen LogP contribution in [0.25, 0.3) is 0 Å². The van der Waals surface area contributed by atoms with Crippen molar-refractivity contribution >= 4 is 15.9 Å². The summed E-state index contributed by atoms with van der Waals surface area (Å²) in [4.78, 5) is 14.9. The van der Waals surface area contributed by atoms with Gasteiger partial charge in [0, 0.05) is 31.7 Å². The third-order valence-corrected chi connectivity index (χ3v) is 7.04. The van der Waals surface area contributed by atoms with Crippen molar-refractivity contribution in [3.05, 3.63) is 78.4 Å². The SMILES string of the molecule is C=CCN(Cc1ccc(C(=O)N2CCC[C@@H](C)C2)cc1)S(=O)(=O)c1ccccc1. The van der Waals surface area contributed by atoms with Gasteiger partial charge in [-0.1, -0.05) is 43.3 Å². The van der Waals surface area contributed by atoms with Crippen molar-refractivity contribution in [2.45, 2.75) is 31.2 Å². The third kappa shape index (κ3) is 5.14. The molecule has 1 heterocycles. The van der Waals surface area contributed by atoms with Gasteiger partial charge in [-0.05, 0) is 48.6 Å². The number of amides is 1. The smallest absolute Gasteiger partial charge is 0.253 e. The highest BCUT2D eigenvalue weighted by Crippen LogP contribution is 2.20.